The van der Waals surface area contributed by atoms with E-state index in [1.54, 1.807) is 0 Å². The molecule has 3 aliphatic rings. The number of hydrogen-bond acceptors (Lipinski definition) is 20. The summed E-state index contributed by atoms with van der Waals surface area (Å²) < 4.78 is 35.0. The average molecular weight is 1490 g/mol. The molecule has 14 N–H and O–H groups in total. The molecule has 3 heterocycles. The Labute approximate surface area is 627 Å². The van der Waals surface area contributed by atoms with Crippen molar-refractivity contribution >= 4 is 17.8 Å². The Hall–Kier alpha value is -2.27. The first-order chi connectivity index (χ1) is 50.4. The summed E-state index contributed by atoms with van der Waals surface area (Å²) in [5, 5.41) is 137. The number of carboxylic acids is 1. The van der Waals surface area contributed by atoms with Crippen LogP contribution in [0.4, 0.5) is 0 Å². The number of nitrogens with one attached hydrogen (secondary N) is 2. The minimum Gasteiger partial charge on any atom is -0.477 e. The highest BCUT2D eigenvalue weighted by Gasteiger charge is 2.60. The number of carbonyl (C=O) groups excluding carboxylic acids is 2. The molecule has 3 aliphatic heterocycles. The van der Waals surface area contributed by atoms with Gasteiger partial charge >= 0.3 is 5.97 Å². The normalized spacial score (nSPS) is 26.3. The van der Waals surface area contributed by atoms with Crippen LogP contribution in [0.1, 0.15) is 361 Å². The summed E-state index contributed by atoms with van der Waals surface area (Å²) in [6.07, 6.45) is 35.3. The van der Waals surface area contributed by atoms with Gasteiger partial charge in [0.1, 0.15) is 67.1 Å². The van der Waals surface area contributed by atoms with Crippen LogP contribution in [-0.2, 0) is 42.8 Å². The molecule has 23 nitrogen and oxygen atoms in total. The highest BCUT2D eigenvalue weighted by molar-refractivity contribution is 5.77. The summed E-state index contributed by atoms with van der Waals surface area (Å²) in [6.45, 7) is 2.28. The van der Waals surface area contributed by atoms with E-state index in [-0.39, 0.29) is 18.9 Å². The van der Waals surface area contributed by atoms with Crippen LogP contribution < -0.4 is 10.6 Å². The predicted octanol–water partition coefficient (Wildman–Crippen LogP) is 12.0. The molecule has 0 aromatic rings. The molecule has 18 atom stereocenters. The molecule has 0 aromatic heterocycles. The summed E-state index contributed by atoms with van der Waals surface area (Å²) in [5.74, 6) is -6.09. The zero-order valence-electron chi connectivity index (χ0n) is 65.2. The fourth-order valence-electron chi connectivity index (χ4n) is 15.1. The largest absolute Gasteiger partial charge is 0.477 e. The molecule has 3 fully saturated rings. The van der Waals surface area contributed by atoms with E-state index in [2.05, 4.69) is 24.5 Å². The van der Waals surface area contributed by atoms with E-state index in [9.17, 15) is 75.7 Å². The van der Waals surface area contributed by atoms with Gasteiger partial charge in [0.25, 0.3) is 5.79 Å². The molecular formula is C81H154N2O21. The van der Waals surface area contributed by atoms with Gasteiger partial charge < -0.3 is 100 Å². The van der Waals surface area contributed by atoms with Gasteiger partial charge in [0, 0.05) is 19.8 Å². The lowest BCUT2D eigenvalue weighted by molar-refractivity contribution is -0.386. The van der Waals surface area contributed by atoms with Crippen molar-refractivity contribution in [2.24, 2.45) is 0 Å². The number of unbranched alkanes of at least 4 members (excludes halogenated alkanes) is 48. The van der Waals surface area contributed by atoms with Gasteiger partial charge in [-0.3, -0.25) is 9.59 Å². The lowest BCUT2D eigenvalue weighted by atomic mass is 9.88. The Morgan fingerprint density at radius 1 is 0.462 bits per heavy atom. The standard InChI is InChI=1S/C81H154N2O21/c1-4-6-8-10-12-14-16-18-20-22-24-26-27-28-29-30-31-32-33-34-35-37-39-41-43-45-47-49-51-53-55-68(91)83-62(63(88)54-52-50-48-46-44-42-40-38-36-25-23-21-19-17-15-13-11-9-7-5-2)60-99-78-73(95)72(94)75(67(59-86)101-78)102-79-74(96)77(71(93)66(58-85)100-79)104-81(80(97)98)56-64(89)69(82-61(3)87)76(103-81)70(92)65(90)57-84/h62-67,69-79,84-86,88-90,92-96H,4-60H2,1-3H3,(H,82,87)(H,83,91)(H,97,98). The van der Waals surface area contributed by atoms with Gasteiger partial charge in [-0.05, 0) is 12.8 Å². The first-order valence-electron chi connectivity index (χ1n) is 42.4. The summed E-state index contributed by atoms with van der Waals surface area (Å²) in [4.78, 5) is 38.7. The van der Waals surface area contributed by atoms with Crippen molar-refractivity contribution in [3.05, 3.63) is 0 Å². The van der Waals surface area contributed by atoms with Crippen LogP contribution in [0.2, 0.25) is 0 Å². The molecule has 104 heavy (non-hydrogen) atoms. The molecule has 0 radical (unpaired) electrons. The summed E-state index contributed by atoms with van der Waals surface area (Å²) >= 11 is 0. The number of amides is 2. The zero-order valence-corrected chi connectivity index (χ0v) is 65.2. The van der Waals surface area contributed by atoms with Crippen LogP contribution >= 0.6 is 0 Å². The number of ether oxygens (including phenoxy) is 6. The number of carbonyl (C=O) groups is 3. The lowest BCUT2D eigenvalue weighted by Crippen LogP contribution is -2.70. The van der Waals surface area contributed by atoms with Gasteiger partial charge in [0.2, 0.25) is 11.8 Å². The predicted molar refractivity (Wildman–Crippen MR) is 403 cm³/mol. The van der Waals surface area contributed by atoms with E-state index in [1.807, 2.05) is 0 Å². The molecular weight excluding hydrogens is 1340 g/mol. The van der Waals surface area contributed by atoms with Crippen molar-refractivity contribution in [2.45, 2.75) is 471 Å². The van der Waals surface area contributed by atoms with Crippen LogP contribution in [0.5, 0.6) is 0 Å². The third-order valence-corrected chi connectivity index (χ3v) is 21.8. The molecule has 0 bridgehead atoms. The first-order valence-corrected chi connectivity index (χ1v) is 42.4. The maximum Gasteiger partial charge on any atom is 0.364 e. The second-order valence-corrected chi connectivity index (χ2v) is 31.1. The fraction of sp³-hybridized carbons (Fsp3) is 0.963. The number of aliphatic carboxylic acids is 1. The molecule has 0 aromatic carbocycles. The number of hydrogen-bond donors (Lipinski definition) is 14. The Balaban J connectivity index is 1.47. The molecule has 0 aliphatic carbocycles. The van der Waals surface area contributed by atoms with Crippen LogP contribution in [0.3, 0.4) is 0 Å². The third-order valence-electron chi connectivity index (χ3n) is 21.8. The quantitative estimate of drug-likeness (QED) is 0.0252. The van der Waals surface area contributed by atoms with Crippen molar-refractivity contribution in [1.82, 2.24) is 10.6 Å². The maximum atomic E-state index is 13.6. The van der Waals surface area contributed by atoms with Crippen LogP contribution in [0, 0.1) is 0 Å². The molecule has 2 amide bonds. The Morgan fingerprint density at radius 3 is 1.20 bits per heavy atom. The van der Waals surface area contributed by atoms with Crippen LogP contribution in [0.25, 0.3) is 0 Å². The third kappa shape index (κ3) is 40.1. The van der Waals surface area contributed by atoms with Crippen molar-refractivity contribution in [2.75, 3.05) is 26.4 Å². The van der Waals surface area contributed by atoms with Gasteiger partial charge in [-0.15, -0.1) is 0 Å². The first kappa shape index (κ1) is 95.9. The summed E-state index contributed by atoms with van der Waals surface area (Å²) in [6, 6.07) is -2.53. The van der Waals surface area contributed by atoms with Crippen LogP contribution in [0.15, 0.2) is 0 Å². The highest BCUT2D eigenvalue weighted by atomic mass is 16.8. The topological polar surface area (TPSA) is 373 Å². The maximum absolute atomic E-state index is 13.6. The monoisotopic (exact) mass is 1490 g/mol. The number of aliphatic hydroxyl groups is 11. The van der Waals surface area contributed by atoms with Gasteiger partial charge in [-0.25, -0.2) is 4.79 Å². The number of carboxylic acid groups (broad SMARTS) is 1. The summed E-state index contributed by atoms with van der Waals surface area (Å²) in [5.41, 5.74) is 0. The van der Waals surface area contributed by atoms with Crippen molar-refractivity contribution in [3.8, 4) is 0 Å². The zero-order chi connectivity index (χ0) is 76.0. The van der Waals surface area contributed by atoms with E-state index in [0.29, 0.717) is 19.3 Å². The SMILES string of the molecule is CCCCCCCCCCCCCCCCCCCCCCCCCCCCCCCCC(=O)NC(COC1OC(CO)C(OC2OC(CO)C(O)C(OC3(C(=O)O)CC(O)C(NC(C)=O)C(C(O)C(O)CO)O3)C2O)C(O)C1O)C(O)CCCCCCCCCCCCCCCCCCCCCC. The lowest BCUT2D eigenvalue weighted by Gasteiger charge is -2.50. The average Bonchev–Trinajstić information content (AvgIpc) is 0.754. The molecule has 18 unspecified atom stereocenters. The highest BCUT2D eigenvalue weighted by Crippen LogP contribution is 2.39. The fourth-order valence-corrected chi connectivity index (χ4v) is 15.1. The summed E-state index contributed by atoms with van der Waals surface area (Å²) in [7, 11) is 0. The van der Waals surface area contributed by atoms with E-state index in [4.69, 9.17) is 28.4 Å². The Morgan fingerprint density at radius 2 is 0.837 bits per heavy atom. The van der Waals surface area contributed by atoms with Crippen molar-refractivity contribution in [3.63, 3.8) is 0 Å². The minimum atomic E-state index is -3.08. The van der Waals surface area contributed by atoms with E-state index in [0.717, 1.165) is 51.9 Å². The van der Waals surface area contributed by atoms with Gasteiger partial charge in [-0.1, -0.05) is 328 Å². The smallest absolute Gasteiger partial charge is 0.364 e. The molecule has 0 spiro atoms. The second kappa shape index (κ2) is 60.5. The van der Waals surface area contributed by atoms with Gasteiger partial charge in [0.15, 0.2) is 12.6 Å². The molecule has 614 valence electrons. The molecule has 3 saturated heterocycles. The van der Waals surface area contributed by atoms with Crippen molar-refractivity contribution in [1.29, 1.82) is 0 Å². The Bertz CT molecular complexity index is 2070. The van der Waals surface area contributed by atoms with Crippen LogP contribution in [-0.4, -0.2) is 215 Å². The van der Waals surface area contributed by atoms with Gasteiger partial charge in [0.05, 0.1) is 50.7 Å². The number of aliphatic hydroxyl groups excluding tert-OH is 11. The molecule has 0 saturated carbocycles. The van der Waals surface area contributed by atoms with Crippen molar-refractivity contribution < 1.29 is 104 Å². The minimum absolute atomic E-state index is 0.230. The Kier molecular flexibility index (Phi) is 55.8. The number of rotatable bonds is 68. The molecule has 3 rings (SSSR count). The van der Waals surface area contributed by atoms with E-state index in [1.165, 1.54) is 263 Å². The van der Waals surface area contributed by atoms with E-state index >= 15 is 0 Å². The molecule has 23 heteroatoms. The van der Waals surface area contributed by atoms with Gasteiger partial charge in [-0.2, -0.15) is 0 Å². The second-order valence-electron chi connectivity index (χ2n) is 31.1. The van der Waals surface area contributed by atoms with E-state index < -0.39 is 148 Å².